The van der Waals surface area contributed by atoms with Crippen LogP contribution in [-0.4, -0.2) is 21.2 Å². The predicted molar refractivity (Wildman–Crippen MR) is 59.6 cm³/mol. The SMILES string of the molecule is Cc1ccn(C(C)C(=O)NC(C)(C)C)n1. The van der Waals surface area contributed by atoms with Crippen LogP contribution >= 0.6 is 0 Å². The zero-order valence-electron chi connectivity index (χ0n) is 10.0. The molecular weight excluding hydrogens is 190 g/mol. The Bertz CT molecular complexity index is 349. The van der Waals surface area contributed by atoms with Gasteiger partial charge in [0.25, 0.3) is 0 Å². The molecule has 1 N–H and O–H groups in total. The maximum Gasteiger partial charge on any atom is 0.244 e. The molecule has 0 aliphatic heterocycles. The minimum absolute atomic E-state index is 0.00870. The fourth-order valence-corrected chi connectivity index (χ4v) is 1.24. The molecule has 0 saturated carbocycles. The van der Waals surface area contributed by atoms with Crippen LogP contribution in [0.3, 0.4) is 0 Å². The number of aryl methyl sites for hydroxylation is 1. The molecule has 0 spiro atoms. The molecule has 4 nitrogen and oxygen atoms in total. The van der Waals surface area contributed by atoms with Crippen molar-refractivity contribution in [2.45, 2.75) is 46.2 Å². The third-order valence-corrected chi connectivity index (χ3v) is 2.02. The fourth-order valence-electron chi connectivity index (χ4n) is 1.24. The third-order valence-electron chi connectivity index (χ3n) is 2.02. The van der Waals surface area contributed by atoms with Crippen molar-refractivity contribution in [3.8, 4) is 0 Å². The summed E-state index contributed by atoms with van der Waals surface area (Å²) in [7, 11) is 0. The number of hydrogen-bond donors (Lipinski definition) is 1. The van der Waals surface area contributed by atoms with E-state index < -0.39 is 0 Å². The van der Waals surface area contributed by atoms with Crippen LogP contribution in [0.25, 0.3) is 0 Å². The van der Waals surface area contributed by atoms with Crippen LogP contribution in [-0.2, 0) is 4.79 Å². The van der Waals surface area contributed by atoms with Gasteiger partial charge in [0.2, 0.25) is 5.91 Å². The summed E-state index contributed by atoms with van der Waals surface area (Å²) in [6.07, 6.45) is 1.82. The molecule has 1 aromatic heterocycles. The molecule has 0 radical (unpaired) electrons. The molecule has 15 heavy (non-hydrogen) atoms. The highest BCUT2D eigenvalue weighted by Gasteiger charge is 2.20. The van der Waals surface area contributed by atoms with Crippen molar-refractivity contribution >= 4 is 5.91 Å². The van der Waals surface area contributed by atoms with Gasteiger partial charge in [0.15, 0.2) is 0 Å². The van der Waals surface area contributed by atoms with E-state index >= 15 is 0 Å². The highest BCUT2D eigenvalue weighted by Crippen LogP contribution is 2.08. The van der Waals surface area contributed by atoms with Crippen LogP contribution in [0.15, 0.2) is 12.3 Å². The van der Waals surface area contributed by atoms with Crippen molar-refractivity contribution in [1.82, 2.24) is 15.1 Å². The zero-order valence-corrected chi connectivity index (χ0v) is 10.0. The van der Waals surface area contributed by atoms with Crippen LogP contribution in [0.1, 0.15) is 39.4 Å². The van der Waals surface area contributed by atoms with E-state index in [1.54, 1.807) is 4.68 Å². The largest absolute Gasteiger partial charge is 0.350 e. The third kappa shape index (κ3) is 3.38. The summed E-state index contributed by atoms with van der Waals surface area (Å²) in [5.41, 5.74) is 0.721. The summed E-state index contributed by atoms with van der Waals surface area (Å²) in [6.45, 7) is 9.64. The van der Waals surface area contributed by atoms with Gasteiger partial charge in [0.1, 0.15) is 6.04 Å². The Morgan fingerprint density at radius 3 is 2.53 bits per heavy atom. The molecule has 1 heterocycles. The minimum Gasteiger partial charge on any atom is -0.350 e. The first-order valence-electron chi connectivity index (χ1n) is 5.13. The number of hydrogen-bond acceptors (Lipinski definition) is 2. The van der Waals surface area contributed by atoms with Gasteiger partial charge in [0.05, 0.1) is 5.69 Å². The van der Waals surface area contributed by atoms with Gasteiger partial charge >= 0.3 is 0 Å². The second kappa shape index (κ2) is 4.04. The average Bonchev–Trinajstić information content (AvgIpc) is 2.47. The summed E-state index contributed by atoms with van der Waals surface area (Å²) in [5, 5.41) is 7.14. The second-order valence-corrected chi connectivity index (χ2v) is 4.85. The van der Waals surface area contributed by atoms with Gasteiger partial charge in [-0.3, -0.25) is 9.48 Å². The van der Waals surface area contributed by atoms with Gasteiger partial charge in [-0.2, -0.15) is 5.10 Å². The van der Waals surface area contributed by atoms with Crippen molar-refractivity contribution in [3.63, 3.8) is 0 Å². The number of nitrogens with one attached hydrogen (secondary N) is 1. The van der Waals surface area contributed by atoms with E-state index in [1.165, 1.54) is 0 Å². The molecular formula is C11H19N3O. The Balaban J connectivity index is 2.69. The molecule has 0 saturated heterocycles. The standard InChI is InChI=1S/C11H19N3O/c1-8-6-7-14(13-8)9(2)10(15)12-11(3,4)5/h6-7,9H,1-5H3,(H,12,15). The molecule has 0 aromatic carbocycles. The second-order valence-electron chi connectivity index (χ2n) is 4.85. The predicted octanol–water partition coefficient (Wildman–Crippen LogP) is 1.67. The van der Waals surface area contributed by atoms with Crippen molar-refractivity contribution in [3.05, 3.63) is 18.0 Å². The molecule has 1 atom stereocenters. The molecule has 0 aliphatic rings. The van der Waals surface area contributed by atoms with Crippen LogP contribution in [0.5, 0.6) is 0 Å². The Labute approximate surface area is 90.7 Å². The summed E-state index contributed by atoms with van der Waals surface area (Å²) >= 11 is 0. The summed E-state index contributed by atoms with van der Waals surface area (Å²) < 4.78 is 1.68. The molecule has 1 aromatic rings. The van der Waals surface area contributed by atoms with Gasteiger partial charge in [-0.05, 0) is 40.7 Å². The fraction of sp³-hybridized carbons (Fsp3) is 0.636. The van der Waals surface area contributed by atoms with Crippen LogP contribution in [0.2, 0.25) is 0 Å². The number of carbonyl (C=O) groups excluding carboxylic acids is 1. The van der Waals surface area contributed by atoms with Gasteiger partial charge < -0.3 is 5.32 Å². The van der Waals surface area contributed by atoms with E-state index in [4.69, 9.17) is 0 Å². The molecule has 0 bridgehead atoms. The maximum atomic E-state index is 11.8. The van der Waals surface area contributed by atoms with Crippen molar-refractivity contribution < 1.29 is 4.79 Å². The van der Waals surface area contributed by atoms with Crippen LogP contribution in [0, 0.1) is 6.92 Å². The number of rotatable bonds is 2. The Hall–Kier alpha value is -1.32. The highest BCUT2D eigenvalue weighted by atomic mass is 16.2. The first kappa shape index (κ1) is 11.8. The molecule has 0 fully saturated rings. The van der Waals surface area contributed by atoms with Gasteiger partial charge in [-0.15, -0.1) is 0 Å². The molecule has 0 aliphatic carbocycles. The lowest BCUT2D eigenvalue weighted by atomic mass is 10.1. The van der Waals surface area contributed by atoms with Crippen molar-refractivity contribution in [1.29, 1.82) is 0 Å². The number of nitrogens with zero attached hydrogens (tertiary/aromatic N) is 2. The van der Waals surface area contributed by atoms with Gasteiger partial charge in [0, 0.05) is 11.7 Å². The Kier molecular flexibility index (Phi) is 3.17. The minimum atomic E-state index is -0.266. The normalized spacial score (nSPS) is 13.7. The van der Waals surface area contributed by atoms with E-state index in [9.17, 15) is 4.79 Å². The molecule has 84 valence electrons. The Morgan fingerprint density at radius 1 is 1.53 bits per heavy atom. The van der Waals surface area contributed by atoms with Crippen LogP contribution < -0.4 is 5.32 Å². The topological polar surface area (TPSA) is 46.9 Å². The smallest absolute Gasteiger partial charge is 0.244 e. The van der Waals surface area contributed by atoms with E-state index in [0.29, 0.717) is 0 Å². The number of amides is 1. The Morgan fingerprint density at radius 2 is 2.13 bits per heavy atom. The molecule has 4 heteroatoms. The molecule has 1 rings (SSSR count). The lowest BCUT2D eigenvalue weighted by Crippen LogP contribution is -2.43. The van der Waals surface area contributed by atoms with E-state index in [-0.39, 0.29) is 17.5 Å². The highest BCUT2D eigenvalue weighted by molar-refractivity contribution is 5.80. The first-order chi connectivity index (χ1) is 6.79. The maximum absolute atomic E-state index is 11.8. The lowest BCUT2D eigenvalue weighted by Gasteiger charge is -2.23. The number of carbonyl (C=O) groups is 1. The summed E-state index contributed by atoms with van der Waals surface area (Å²) in [6, 6.07) is 1.62. The average molecular weight is 209 g/mol. The van der Waals surface area contributed by atoms with E-state index in [1.807, 2.05) is 46.9 Å². The lowest BCUT2D eigenvalue weighted by molar-refractivity contribution is -0.125. The van der Waals surface area contributed by atoms with Crippen molar-refractivity contribution in [2.75, 3.05) is 0 Å². The zero-order chi connectivity index (χ0) is 11.6. The van der Waals surface area contributed by atoms with Gasteiger partial charge in [-0.1, -0.05) is 0 Å². The summed E-state index contributed by atoms with van der Waals surface area (Å²) in [5.74, 6) is -0.00870. The monoisotopic (exact) mass is 209 g/mol. The van der Waals surface area contributed by atoms with Crippen LogP contribution in [0.4, 0.5) is 0 Å². The molecule has 1 amide bonds. The van der Waals surface area contributed by atoms with Crippen molar-refractivity contribution in [2.24, 2.45) is 0 Å². The quantitative estimate of drug-likeness (QED) is 0.805. The first-order valence-corrected chi connectivity index (χ1v) is 5.13. The molecule has 1 unspecified atom stereocenters. The van der Waals surface area contributed by atoms with Gasteiger partial charge in [-0.25, -0.2) is 0 Å². The number of aromatic nitrogens is 2. The van der Waals surface area contributed by atoms with E-state index in [2.05, 4.69) is 10.4 Å². The van der Waals surface area contributed by atoms with E-state index in [0.717, 1.165) is 5.69 Å². The summed E-state index contributed by atoms with van der Waals surface area (Å²) in [4.78, 5) is 11.8.